The minimum Gasteiger partial charge on any atom is -0.481 e. The van der Waals surface area contributed by atoms with Crippen LogP contribution in [0.2, 0.25) is 0 Å². The molecule has 1 heterocycles. The van der Waals surface area contributed by atoms with Gasteiger partial charge in [0.05, 0.1) is 10.3 Å². The average Bonchev–Trinajstić information content (AvgIpc) is 2.81. The van der Waals surface area contributed by atoms with E-state index in [9.17, 15) is 23.1 Å². The van der Waals surface area contributed by atoms with Gasteiger partial charge in [-0.25, -0.2) is 8.42 Å². The summed E-state index contributed by atoms with van der Waals surface area (Å²) >= 11 is 0. The number of likely N-dealkylation sites (tertiary alicyclic amines) is 1. The van der Waals surface area contributed by atoms with E-state index in [1.165, 1.54) is 29.2 Å². The largest absolute Gasteiger partial charge is 0.481 e. The van der Waals surface area contributed by atoms with Crippen LogP contribution in [0.5, 0.6) is 0 Å². The van der Waals surface area contributed by atoms with Crippen LogP contribution in [0, 0.1) is 5.41 Å². The Labute approximate surface area is 123 Å². The van der Waals surface area contributed by atoms with Crippen molar-refractivity contribution in [3.63, 3.8) is 0 Å². The molecule has 1 fully saturated rings. The van der Waals surface area contributed by atoms with Gasteiger partial charge >= 0.3 is 5.97 Å². The van der Waals surface area contributed by atoms with E-state index in [2.05, 4.69) is 0 Å². The number of aliphatic carboxylic acids is 1. The van der Waals surface area contributed by atoms with Gasteiger partial charge in [-0.2, -0.15) is 0 Å². The van der Waals surface area contributed by atoms with Crippen molar-refractivity contribution in [3.05, 3.63) is 29.8 Å². The maximum atomic E-state index is 12.4. The predicted molar refractivity (Wildman–Crippen MR) is 75.8 cm³/mol. The van der Waals surface area contributed by atoms with Crippen molar-refractivity contribution in [2.24, 2.45) is 5.41 Å². The third kappa shape index (κ3) is 3.07. The first kappa shape index (κ1) is 15.5. The number of carbonyl (C=O) groups excluding carboxylic acids is 1. The predicted octanol–water partition coefficient (Wildman–Crippen LogP) is 1.03. The average molecular weight is 311 g/mol. The lowest BCUT2D eigenvalue weighted by Crippen LogP contribution is -2.34. The van der Waals surface area contributed by atoms with Gasteiger partial charge in [-0.3, -0.25) is 9.59 Å². The van der Waals surface area contributed by atoms with E-state index < -0.39 is 21.2 Å². The van der Waals surface area contributed by atoms with Crippen molar-refractivity contribution in [1.29, 1.82) is 0 Å². The molecule has 1 unspecified atom stereocenters. The molecule has 1 saturated heterocycles. The van der Waals surface area contributed by atoms with Crippen molar-refractivity contribution < 1.29 is 23.1 Å². The molecule has 0 spiro atoms. The van der Waals surface area contributed by atoms with Crippen LogP contribution in [-0.4, -0.2) is 49.6 Å². The van der Waals surface area contributed by atoms with Gasteiger partial charge < -0.3 is 10.0 Å². The zero-order valence-corrected chi connectivity index (χ0v) is 12.7. The Bertz CT molecular complexity index is 697. The summed E-state index contributed by atoms with van der Waals surface area (Å²) < 4.78 is 23.0. The van der Waals surface area contributed by atoms with E-state index in [0.717, 1.165) is 6.26 Å². The van der Waals surface area contributed by atoms with Crippen LogP contribution in [0.15, 0.2) is 29.2 Å². The molecule has 1 aromatic carbocycles. The molecule has 2 rings (SSSR count). The van der Waals surface area contributed by atoms with Gasteiger partial charge in [0.1, 0.15) is 0 Å². The fourth-order valence-electron chi connectivity index (χ4n) is 2.35. The number of nitrogens with zero attached hydrogens (tertiary/aromatic N) is 1. The molecule has 0 radical (unpaired) electrons. The third-order valence-corrected chi connectivity index (χ3v) is 4.90. The first-order valence-electron chi connectivity index (χ1n) is 6.46. The number of carboxylic acids is 1. The number of carboxylic acid groups (broad SMARTS) is 1. The minimum atomic E-state index is -3.38. The molecule has 7 heteroatoms. The van der Waals surface area contributed by atoms with E-state index >= 15 is 0 Å². The summed E-state index contributed by atoms with van der Waals surface area (Å²) in [4.78, 5) is 25.1. The van der Waals surface area contributed by atoms with Crippen molar-refractivity contribution in [2.45, 2.75) is 18.2 Å². The molecule has 0 bridgehead atoms. The fraction of sp³-hybridized carbons (Fsp3) is 0.429. The van der Waals surface area contributed by atoms with Gasteiger partial charge in [-0.15, -0.1) is 0 Å². The smallest absolute Gasteiger partial charge is 0.311 e. The Morgan fingerprint density at radius 2 is 2.00 bits per heavy atom. The van der Waals surface area contributed by atoms with Crippen LogP contribution in [0.3, 0.4) is 0 Å². The second kappa shape index (κ2) is 5.14. The van der Waals surface area contributed by atoms with Gasteiger partial charge in [-0.1, -0.05) is 6.07 Å². The lowest BCUT2D eigenvalue weighted by atomic mass is 9.90. The SMILES string of the molecule is CC1(C(=O)O)CCN(C(=O)c2cccc(S(C)(=O)=O)c2)C1. The standard InChI is InChI=1S/C14H17NO5S/c1-14(13(17)18)6-7-15(9-14)12(16)10-4-3-5-11(8-10)21(2,19)20/h3-5,8H,6-7,9H2,1-2H3,(H,17,18). The highest BCUT2D eigenvalue weighted by Crippen LogP contribution is 2.31. The monoisotopic (exact) mass is 311 g/mol. The molecule has 114 valence electrons. The number of rotatable bonds is 3. The van der Waals surface area contributed by atoms with E-state index in [4.69, 9.17) is 0 Å². The second-order valence-electron chi connectivity index (χ2n) is 5.64. The van der Waals surface area contributed by atoms with Gasteiger partial charge in [0, 0.05) is 24.9 Å². The third-order valence-electron chi connectivity index (χ3n) is 3.79. The number of benzene rings is 1. The van der Waals surface area contributed by atoms with E-state index in [1.54, 1.807) is 6.92 Å². The number of amides is 1. The highest BCUT2D eigenvalue weighted by Gasteiger charge is 2.42. The maximum absolute atomic E-state index is 12.4. The zero-order chi connectivity index (χ0) is 15.8. The van der Waals surface area contributed by atoms with Gasteiger partial charge in [0.2, 0.25) is 0 Å². The van der Waals surface area contributed by atoms with E-state index in [0.29, 0.717) is 13.0 Å². The minimum absolute atomic E-state index is 0.0774. The van der Waals surface area contributed by atoms with Gasteiger partial charge in [0.15, 0.2) is 9.84 Å². The molecule has 1 aromatic rings. The Morgan fingerprint density at radius 1 is 1.33 bits per heavy atom. The normalized spacial score (nSPS) is 22.3. The van der Waals surface area contributed by atoms with Crippen LogP contribution in [0.25, 0.3) is 0 Å². The first-order chi connectivity index (χ1) is 9.63. The topological polar surface area (TPSA) is 91.8 Å². The van der Waals surface area contributed by atoms with Crippen LogP contribution < -0.4 is 0 Å². The molecule has 0 aliphatic carbocycles. The van der Waals surface area contributed by atoms with Crippen LogP contribution in [-0.2, 0) is 14.6 Å². The molecule has 0 saturated carbocycles. The molecule has 1 atom stereocenters. The van der Waals surface area contributed by atoms with Crippen LogP contribution in [0.1, 0.15) is 23.7 Å². The van der Waals surface area contributed by atoms with Crippen molar-refractivity contribution in [2.75, 3.05) is 19.3 Å². The lowest BCUT2D eigenvalue weighted by molar-refractivity contribution is -0.147. The Balaban J connectivity index is 2.25. The zero-order valence-electron chi connectivity index (χ0n) is 11.9. The van der Waals surface area contributed by atoms with Crippen LogP contribution in [0.4, 0.5) is 0 Å². The summed E-state index contributed by atoms with van der Waals surface area (Å²) in [6.07, 6.45) is 1.47. The summed E-state index contributed by atoms with van der Waals surface area (Å²) in [5, 5.41) is 9.18. The Morgan fingerprint density at radius 3 is 2.52 bits per heavy atom. The fourth-order valence-corrected chi connectivity index (χ4v) is 3.02. The van der Waals surface area contributed by atoms with E-state index in [-0.39, 0.29) is 22.9 Å². The van der Waals surface area contributed by atoms with Crippen molar-refractivity contribution in [3.8, 4) is 0 Å². The summed E-state index contributed by atoms with van der Waals surface area (Å²) in [7, 11) is -3.38. The molecule has 0 aromatic heterocycles. The summed E-state index contributed by atoms with van der Waals surface area (Å²) in [5.74, 6) is -1.27. The number of hydrogen-bond acceptors (Lipinski definition) is 4. The van der Waals surface area contributed by atoms with Crippen molar-refractivity contribution in [1.82, 2.24) is 4.90 Å². The molecular weight excluding hydrogens is 294 g/mol. The number of carbonyl (C=O) groups is 2. The Kier molecular flexibility index (Phi) is 3.79. The molecule has 1 N–H and O–H groups in total. The van der Waals surface area contributed by atoms with Crippen molar-refractivity contribution >= 4 is 21.7 Å². The first-order valence-corrected chi connectivity index (χ1v) is 8.35. The summed E-state index contributed by atoms with van der Waals surface area (Å²) in [6.45, 7) is 2.09. The summed E-state index contributed by atoms with van der Waals surface area (Å²) in [6, 6.07) is 5.80. The molecule has 1 amide bonds. The van der Waals surface area contributed by atoms with Gasteiger partial charge in [0.25, 0.3) is 5.91 Å². The molecule has 1 aliphatic rings. The quantitative estimate of drug-likeness (QED) is 0.900. The molecule has 21 heavy (non-hydrogen) atoms. The maximum Gasteiger partial charge on any atom is 0.311 e. The lowest BCUT2D eigenvalue weighted by Gasteiger charge is -2.20. The van der Waals surface area contributed by atoms with E-state index in [1.807, 2.05) is 0 Å². The molecule has 6 nitrogen and oxygen atoms in total. The second-order valence-corrected chi connectivity index (χ2v) is 7.66. The molecular formula is C14H17NO5S. The molecule has 1 aliphatic heterocycles. The number of hydrogen-bond donors (Lipinski definition) is 1. The Hall–Kier alpha value is -1.89. The van der Waals surface area contributed by atoms with Crippen LogP contribution >= 0.6 is 0 Å². The summed E-state index contributed by atoms with van der Waals surface area (Å²) in [5.41, 5.74) is -0.683. The highest BCUT2D eigenvalue weighted by molar-refractivity contribution is 7.90. The van der Waals surface area contributed by atoms with Gasteiger partial charge in [-0.05, 0) is 31.5 Å². The highest BCUT2D eigenvalue weighted by atomic mass is 32.2. The number of sulfone groups is 1.